The van der Waals surface area contributed by atoms with E-state index in [2.05, 4.69) is 53.0 Å². The summed E-state index contributed by atoms with van der Waals surface area (Å²) in [7, 11) is -1.97. The molecular formula is C26H43NO4Si. The van der Waals surface area contributed by atoms with Crippen LogP contribution in [0.2, 0.25) is 18.1 Å². The monoisotopic (exact) mass is 461 g/mol. The summed E-state index contributed by atoms with van der Waals surface area (Å²) in [5.74, 6) is 1.01. The van der Waals surface area contributed by atoms with E-state index >= 15 is 0 Å². The number of carbonyl (C=O) groups excluding carboxylic acids is 2. The van der Waals surface area contributed by atoms with E-state index in [1.807, 2.05) is 24.3 Å². The van der Waals surface area contributed by atoms with Crippen molar-refractivity contribution in [3.05, 3.63) is 35.9 Å². The lowest BCUT2D eigenvalue weighted by Gasteiger charge is -2.35. The van der Waals surface area contributed by atoms with Crippen LogP contribution in [0.15, 0.2) is 30.3 Å². The normalized spacial score (nSPS) is 13.2. The van der Waals surface area contributed by atoms with Gasteiger partial charge in [0.1, 0.15) is 5.75 Å². The highest BCUT2D eigenvalue weighted by atomic mass is 28.4. The number of rotatable bonds is 14. The van der Waals surface area contributed by atoms with Crippen LogP contribution in [0.1, 0.15) is 65.9 Å². The molecule has 1 amide bonds. The van der Waals surface area contributed by atoms with E-state index in [1.165, 1.54) is 25.3 Å². The molecule has 0 fully saturated rings. The number of Topliss-reactive ketones (excluding diaryl/α,β-unsaturated/α-hetero) is 1. The molecule has 6 heteroatoms. The lowest BCUT2D eigenvalue weighted by molar-refractivity contribution is -0.124. The van der Waals surface area contributed by atoms with Crippen LogP contribution >= 0.6 is 0 Å². The SMILES string of the molecule is CCCCC(CC)COc1ccc(C=CC(=O)NCC(=O)CO[Si](C)(C)C(C)(C)C)cc1. The second-order valence-electron chi connectivity index (χ2n) is 9.94. The van der Waals surface area contributed by atoms with Gasteiger partial charge in [0.25, 0.3) is 0 Å². The van der Waals surface area contributed by atoms with Gasteiger partial charge in [-0.3, -0.25) is 9.59 Å². The second-order valence-corrected chi connectivity index (χ2v) is 14.7. The zero-order chi connectivity index (χ0) is 24.2. The Morgan fingerprint density at radius 3 is 2.34 bits per heavy atom. The molecule has 0 aliphatic rings. The fraction of sp³-hybridized carbons (Fsp3) is 0.615. The van der Waals surface area contributed by atoms with E-state index in [-0.39, 0.29) is 29.9 Å². The molecule has 0 heterocycles. The number of ether oxygens (including phenoxy) is 1. The van der Waals surface area contributed by atoms with E-state index in [4.69, 9.17) is 9.16 Å². The first-order chi connectivity index (χ1) is 15.0. The Kier molecular flexibility index (Phi) is 11.9. The van der Waals surface area contributed by atoms with E-state index in [1.54, 1.807) is 6.08 Å². The molecule has 5 nitrogen and oxygen atoms in total. The zero-order valence-electron chi connectivity index (χ0n) is 21.1. The Morgan fingerprint density at radius 2 is 1.78 bits per heavy atom. The second kappa shape index (κ2) is 13.6. The van der Waals surface area contributed by atoms with Gasteiger partial charge >= 0.3 is 0 Å². The minimum absolute atomic E-state index is 0.0266. The Balaban J connectivity index is 2.41. The standard InChI is InChI=1S/C26H43NO4Si/c1-8-10-11-21(9-2)19-30-24-15-12-22(13-16-24)14-17-25(29)27-18-23(28)20-31-32(6,7)26(3,4)5/h12-17,21H,8-11,18-20H2,1-7H3,(H,27,29). The summed E-state index contributed by atoms with van der Waals surface area (Å²) in [6.45, 7) is 15.8. The van der Waals surface area contributed by atoms with E-state index < -0.39 is 8.32 Å². The highest BCUT2D eigenvalue weighted by Crippen LogP contribution is 2.36. The summed E-state index contributed by atoms with van der Waals surface area (Å²) in [6, 6.07) is 7.69. The molecule has 0 aliphatic heterocycles. The molecule has 0 radical (unpaired) electrons. The molecule has 1 rings (SSSR count). The Hall–Kier alpha value is -1.92. The molecule has 0 spiro atoms. The maximum absolute atomic E-state index is 12.1. The average Bonchev–Trinajstić information content (AvgIpc) is 2.75. The summed E-state index contributed by atoms with van der Waals surface area (Å²) in [5.41, 5.74) is 0.901. The van der Waals surface area contributed by atoms with Crippen molar-refractivity contribution in [2.75, 3.05) is 19.8 Å². The van der Waals surface area contributed by atoms with Crippen LogP contribution in [0, 0.1) is 5.92 Å². The summed E-state index contributed by atoms with van der Waals surface area (Å²) < 4.78 is 11.8. The van der Waals surface area contributed by atoms with Gasteiger partial charge in [-0.05, 0) is 54.2 Å². The largest absolute Gasteiger partial charge is 0.493 e. The average molecular weight is 462 g/mol. The minimum atomic E-state index is -1.97. The fourth-order valence-corrected chi connectivity index (χ4v) is 3.69. The number of nitrogens with one attached hydrogen (secondary N) is 1. The molecule has 1 aromatic carbocycles. The van der Waals surface area contributed by atoms with Gasteiger partial charge < -0.3 is 14.5 Å². The smallest absolute Gasteiger partial charge is 0.244 e. The lowest BCUT2D eigenvalue weighted by Crippen LogP contribution is -2.43. The number of hydrogen-bond donors (Lipinski definition) is 1. The van der Waals surface area contributed by atoms with Gasteiger partial charge in [-0.25, -0.2) is 0 Å². The first-order valence-corrected chi connectivity index (χ1v) is 14.7. The van der Waals surface area contributed by atoms with Crippen LogP contribution in [0.5, 0.6) is 5.75 Å². The van der Waals surface area contributed by atoms with Gasteiger partial charge in [0, 0.05) is 6.08 Å². The van der Waals surface area contributed by atoms with Crippen LogP contribution < -0.4 is 10.1 Å². The van der Waals surface area contributed by atoms with Crippen LogP contribution in [0.3, 0.4) is 0 Å². The van der Waals surface area contributed by atoms with Crippen molar-refractivity contribution in [3.63, 3.8) is 0 Å². The fourth-order valence-electron chi connectivity index (χ4n) is 2.73. The van der Waals surface area contributed by atoms with Gasteiger partial charge in [-0.2, -0.15) is 0 Å². The predicted octanol–water partition coefficient (Wildman–Crippen LogP) is 6.00. The number of amides is 1. The van der Waals surface area contributed by atoms with Crippen LogP contribution in [0.25, 0.3) is 6.08 Å². The van der Waals surface area contributed by atoms with Crippen molar-refractivity contribution < 1.29 is 18.8 Å². The molecule has 0 saturated carbocycles. The van der Waals surface area contributed by atoms with Gasteiger partial charge in [0.15, 0.2) is 14.1 Å². The van der Waals surface area contributed by atoms with Crippen molar-refractivity contribution in [1.82, 2.24) is 5.32 Å². The summed E-state index contributed by atoms with van der Waals surface area (Å²) >= 11 is 0. The van der Waals surface area contributed by atoms with Gasteiger partial charge in [-0.1, -0.05) is 66.0 Å². The van der Waals surface area contributed by atoms with E-state index in [0.717, 1.165) is 24.3 Å². The number of carbonyl (C=O) groups is 2. The number of unbranched alkanes of at least 4 members (excludes halogenated alkanes) is 1. The van der Waals surface area contributed by atoms with Crippen molar-refractivity contribution in [3.8, 4) is 5.75 Å². The Morgan fingerprint density at radius 1 is 1.12 bits per heavy atom. The highest BCUT2D eigenvalue weighted by Gasteiger charge is 2.37. The van der Waals surface area contributed by atoms with Gasteiger partial charge in [-0.15, -0.1) is 0 Å². The topological polar surface area (TPSA) is 64.6 Å². The Bertz CT molecular complexity index is 735. The minimum Gasteiger partial charge on any atom is -0.493 e. The van der Waals surface area contributed by atoms with Crippen LogP contribution in [-0.2, 0) is 14.0 Å². The molecule has 180 valence electrons. The maximum atomic E-state index is 12.1. The molecule has 0 bridgehead atoms. The Labute approximate surface area is 196 Å². The van der Waals surface area contributed by atoms with Crippen LogP contribution in [0.4, 0.5) is 0 Å². The van der Waals surface area contributed by atoms with Crippen LogP contribution in [-0.4, -0.2) is 39.8 Å². The highest BCUT2D eigenvalue weighted by molar-refractivity contribution is 6.74. The lowest BCUT2D eigenvalue weighted by atomic mass is 10.0. The number of ketones is 1. The van der Waals surface area contributed by atoms with Crippen molar-refractivity contribution in [2.45, 2.75) is 78.4 Å². The van der Waals surface area contributed by atoms with E-state index in [0.29, 0.717) is 5.92 Å². The quantitative estimate of drug-likeness (QED) is 0.272. The molecule has 1 aromatic rings. The molecule has 0 aromatic heterocycles. The van der Waals surface area contributed by atoms with Crippen molar-refractivity contribution in [1.29, 1.82) is 0 Å². The van der Waals surface area contributed by atoms with Gasteiger partial charge in [0.2, 0.25) is 5.91 Å². The molecule has 32 heavy (non-hydrogen) atoms. The maximum Gasteiger partial charge on any atom is 0.244 e. The van der Waals surface area contributed by atoms with Gasteiger partial charge in [0.05, 0.1) is 19.8 Å². The first kappa shape index (κ1) is 28.1. The molecular weight excluding hydrogens is 418 g/mol. The van der Waals surface area contributed by atoms with Crippen molar-refractivity contribution in [2.24, 2.45) is 5.92 Å². The predicted molar refractivity (Wildman–Crippen MR) is 135 cm³/mol. The molecule has 1 N–H and O–H groups in total. The number of hydrogen-bond acceptors (Lipinski definition) is 4. The third-order valence-corrected chi connectivity index (χ3v) is 10.7. The third-order valence-electron chi connectivity index (χ3n) is 6.20. The van der Waals surface area contributed by atoms with Crippen molar-refractivity contribution >= 4 is 26.1 Å². The summed E-state index contributed by atoms with van der Waals surface area (Å²) in [6.07, 6.45) is 7.95. The first-order valence-electron chi connectivity index (χ1n) is 11.8. The molecule has 0 saturated heterocycles. The molecule has 0 aliphatic carbocycles. The summed E-state index contributed by atoms with van der Waals surface area (Å²) in [4.78, 5) is 24.1. The molecule has 1 unspecified atom stereocenters. The zero-order valence-corrected chi connectivity index (χ0v) is 22.1. The third kappa shape index (κ3) is 10.6. The summed E-state index contributed by atoms with van der Waals surface area (Å²) in [5, 5.41) is 2.68. The number of benzene rings is 1. The van der Waals surface area contributed by atoms with E-state index in [9.17, 15) is 9.59 Å². The molecule has 1 atom stereocenters.